The molecule has 7 nitrogen and oxygen atoms in total. The van der Waals surface area contributed by atoms with Crippen LogP contribution >= 0.6 is 11.3 Å². The molecule has 2 aromatic carbocycles. The van der Waals surface area contributed by atoms with Crippen molar-refractivity contribution in [1.82, 2.24) is 4.98 Å². The van der Waals surface area contributed by atoms with Crippen LogP contribution < -0.4 is 15.2 Å². The second-order valence-electron chi connectivity index (χ2n) is 8.19. The van der Waals surface area contributed by atoms with Gasteiger partial charge in [-0.15, -0.1) is 11.3 Å². The van der Waals surface area contributed by atoms with E-state index in [0.29, 0.717) is 33.9 Å². The standard InChI is InChI=1S/C25H19N3O4S/c1-4-27-17-11-7-6-10-16(17)25(23(27)31)19-20(29)15-9-5-8-12-18(15)32-21(19)22(30)28(25)24-26-13(2)14(3)33-24/h5-12H,4H2,1-3H3. The average molecular weight is 458 g/mol. The number of fused-ring (bicyclic) bond motifs is 5. The molecule has 1 unspecified atom stereocenters. The minimum Gasteiger partial charge on any atom is -0.450 e. The lowest BCUT2D eigenvalue weighted by atomic mass is 9.84. The summed E-state index contributed by atoms with van der Waals surface area (Å²) in [7, 11) is 0. The monoisotopic (exact) mass is 457 g/mol. The lowest BCUT2D eigenvalue weighted by Crippen LogP contribution is -2.53. The zero-order valence-electron chi connectivity index (χ0n) is 18.2. The zero-order valence-corrected chi connectivity index (χ0v) is 19.0. The van der Waals surface area contributed by atoms with Gasteiger partial charge >= 0.3 is 0 Å². The molecule has 164 valence electrons. The first-order chi connectivity index (χ1) is 15.9. The van der Waals surface area contributed by atoms with Crippen LogP contribution in [0.2, 0.25) is 0 Å². The second kappa shape index (κ2) is 6.62. The van der Waals surface area contributed by atoms with E-state index in [9.17, 15) is 14.4 Å². The molecule has 4 heterocycles. The quantitative estimate of drug-likeness (QED) is 0.452. The van der Waals surface area contributed by atoms with E-state index in [1.165, 1.54) is 16.2 Å². The van der Waals surface area contributed by atoms with Gasteiger partial charge in [0.15, 0.2) is 16.1 Å². The number of carbonyl (C=O) groups excluding carboxylic acids is 2. The number of para-hydroxylation sites is 2. The number of amides is 2. The summed E-state index contributed by atoms with van der Waals surface area (Å²) < 4.78 is 6.02. The fraction of sp³-hybridized carbons (Fsp3) is 0.200. The van der Waals surface area contributed by atoms with Gasteiger partial charge in [0.05, 0.1) is 22.3 Å². The van der Waals surface area contributed by atoms with Gasteiger partial charge in [0.1, 0.15) is 5.58 Å². The van der Waals surface area contributed by atoms with E-state index in [1.54, 1.807) is 35.2 Å². The molecular formula is C25H19N3O4S. The molecule has 4 aromatic rings. The Morgan fingerprint density at radius 1 is 1.03 bits per heavy atom. The zero-order chi connectivity index (χ0) is 23.1. The molecule has 1 spiro atoms. The van der Waals surface area contributed by atoms with Crippen molar-refractivity contribution in [2.75, 3.05) is 16.3 Å². The van der Waals surface area contributed by atoms with E-state index in [2.05, 4.69) is 4.98 Å². The molecule has 2 aliphatic rings. The summed E-state index contributed by atoms with van der Waals surface area (Å²) in [5.41, 5.74) is 0.346. The third kappa shape index (κ3) is 2.28. The van der Waals surface area contributed by atoms with Crippen molar-refractivity contribution < 1.29 is 14.0 Å². The van der Waals surface area contributed by atoms with Crippen molar-refractivity contribution in [2.24, 2.45) is 0 Å². The number of aromatic nitrogens is 1. The largest absolute Gasteiger partial charge is 0.450 e. The number of carbonyl (C=O) groups is 2. The van der Waals surface area contributed by atoms with Crippen LogP contribution in [-0.4, -0.2) is 23.3 Å². The molecule has 2 aliphatic heterocycles. The van der Waals surface area contributed by atoms with Gasteiger partial charge in [-0.2, -0.15) is 0 Å². The highest BCUT2D eigenvalue weighted by atomic mass is 32.1. The molecule has 2 amide bonds. The number of nitrogens with zero attached hydrogens (tertiary/aromatic N) is 3. The smallest absolute Gasteiger partial charge is 0.297 e. The van der Waals surface area contributed by atoms with Crippen molar-refractivity contribution in [3.63, 3.8) is 0 Å². The summed E-state index contributed by atoms with van der Waals surface area (Å²) in [4.78, 5) is 50.6. The topological polar surface area (TPSA) is 83.7 Å². The predicted octanol–water partition coefficient (Wildman–Crippen LogP) is 4.14. The first-order valence-corrected chi connectivity index (χ1v) is 11.5. The number of thiazole rings is 1. The Morgan fingerprint density at radius 3 is 2.48 bits per heavy atom. The molecule has 0 radical (unpaired) electrons. The summed E-state index contributed by atoms with van der Waals surface area (Å²) in [6.07, 6.45) is 0. The minimum absolute atomic E-state index is 0.0603. The summed E-state index contributed by atoms with van der Waals surface area (Å²) in [6, 6.07) is 14.1. The Kier molecular flexibility index (Phi) is 3.98. The normalized spacial score (nSPS) is 19.1. The lowest BCUT2D eigenvalue weighted by Gasteiger charge is -2.32. The molecule has 2 aromatic heterocycles. The fourth-order valence-corrected chi connectivity index (χ4v) is 5.94. The molecule has 0 N–H and O–H groups in total. The fourth-order valence-electron chi connectivity index (χ4n) is 4.98. The third-order valence-corrected chi connectivity index (χ3v) is 7.61. The van der Waals surface area contributed by atoms with Gasteiger partial charge in [-0.05, 0) is 39.0 Å². The van der Waals surface area contributed by atoms with Gasteiger partial charge in [-0.1, -0.05) is 30.3 Å². The highest BCUT2D eigenvalue weighted by molar-refractivity contribution is 7.16. The van der Waals surface area contributed by atoms with Crippen LogP contribution in [0.5, 0.6) is 0 Å². The summed E-state index contributed by atoms with van der Waals surface area (Å²) >= 11 is 1.32. The van der Waals surface area contributed by atoms with Crippen molar-refractivity contribution in [3.8, 4) is 0 Å². The average Bonchev–Trinajstić information content (AvgIpc) is 3.37. The highest BCUT2D eigenvalue weighted by Crippen LogP contribution is 2.54. The number of hydrogen-bond donors (Lipinski definition) is 0. The molecule has 0 bridgehead atoms. The Morgan fingerprint density at radius 2 is 1.76 bits per heavy atom. The van der Waals surface area contributed by atoms with Crippen LogP contribution in [-0.2, 0) is 10.3 Å². The van der Waals surface area contributed by atoms with Crippen molar-refractivity contribution >= 4 is 44.9 Å². The first-order valence-electron chi connectivity index (χ1n) is 10.7. The van der Waals surface area contributed by atoms with Crippen LogP contribution in [0.25, 0.3) is 11.0 Å². The number of anilines is 2. The maximum Gasteiger partial charge on any atom is 0.297 e. The Balaban J connectivity index is 1.80. The number of likely N-dealkylation sites (N-methyl/N-ethyl adjacent to an activating group) is 1. The number of benzene rings is 2. The van der Waals surface area contributed by atoms with Crippen LogP contribution in [0.4, 0.5) is 10.8 Å². The molecular weight excluding hydrogens is 438 g/mol. The minimum atomic E-state index is -1.67. The molecule has 0 aliphatic carbocycles. The third-order valence-electron chi connectivity index (χ3n) is 6.56. The molecule has 0 saturated carbocycles. The van der Waals surface area contributed by atoms with Crippen molar-refractivity contribution in [3.05, 3.63) is 86.2 Å². The number of hydrogen-bond acceptors (Lipinski definition) is 6. The van der Waals surface area contributed by atoms with Gasteiger partial charge in [-0.25, -0.2) is 4.98 Å². The van der Waals surface area contributed by atoms with E-state index >= 15 is 0 Å². The lowest BCUT2D eigenvalue weighted by molar-refractivity contribution is -0.121. The highest BCUT2D eigenvalue weighted by Gasteiger charge is 2.66. The second-order valence-corrected chi connectivity index (χ2v) is 9.37. The summed E-state index contributed by atoms with van der Waals surface area (Å²) in [5, 5.41) is 0.697. The SMILES string of the molecule is CCN1C(=O)C2(c3ccccc31)c1c(oc3ccccc3c1=O)C(=O)N2c1nc(C)c(C)s1. The maximum absolute atomic E-state index is 14.2. The molecule has 33 heavy (non-hydrogen) atoms. The maximum atomic E-state index is 14.2. The van der Waals surface area contributed by atoms with Crippen LogP contribution in [0.15, 0.2) is 57.7 Å². The number of aryl methyl sites for hydroxylation is 2. The molecule has 8 heteroatoms. The van der Waals surface area contributed by atoms with Crippen LogP contribution in [0.1, 0.15) is 39.2 Å². The van der Waals surface area contributed by atoms with Gasteiger partial charge in [0.2, 0.25) is 5.76 Å². The van der Waals surface area contributed by atoms with E-state index < -0.39 is 11.4 Å². The van der Waals surface area contributed by atoms with Crippen molar-refractivity contribution in [2.45, 2.75) is 26.3 Å². The Hall–Kier alpha value is -3.78. The Bertz CT molecular complexity index is 1550. The molecule has 1 atom stereocenters. The molecule has 0 saturated heterocycles. The summed E-state index contributed by atoms with van der Waals surface area (Å²) in [6.45, 7) is 6.04. The Labute approximate surface area is 192 Å². The molecule has 0 fully saturated rings. The van der Waals surface area contributed by atoms with Gasteiger partial charge in [0, 0.05) is 17.0 Å². The van der Waals surface area contributed by atoms with E-state index in [4.69, 9.17) is 4.42 Å². The van der Waals surface area contributed by atoms with Crippen LogP contribution in [0, 0.1) is 13.8 Å². The van der Waals surface area contributed by atoms with Crippen LogP contribution in [0.3, 0.4) is 0 Å². The van der Waals surface area contributed by atoms with Gasteiger partial charge < -0.3 is 9.32 Å². The van der Waals surface area contributed by atoms with Crippen molar-refractivity contribution in [1.29, 1.82) is 0 Å². The number of rotatable bonds is 2. The van der Waals surface area contributed by atoms with E-state index in [1.807, 2.05) is 39.0 Å². The van der Waals surface area contributed by atoms with E-state index in [0.717, 1.165) is 10.6 Å². The van der Waals surface area contributed by atoms with Gasteiger partial charge in [-0.3, -0.25) is 19.3 Å². The predicted molar refractivity (Wildman–Crippen MR) is 126 cm³/mol. The van der Waals surface area contributed by atoms with Gasteiger partial charge in [0.25, 0.3) is 11.8 Å². The first kappa shape index (κ1) is 19.9. The summed E-state index contributed by atoms with van der Waals surface area (Å²) in [5.74, 6) is -1.00. The van der Waals surface area contributed by atoms with E-state index in [-0.39, 0.29) is 22.7 Å². The molecule has 6 rings (SSSR count).